The molecular formula is C20H22O4. The predicted molar refractivity (Wildman–Crippen MR) is 90.4 cm³/mol. The Morgan fingerprint density at radius 1 is 1.25 bits per heavy atom. The van der Waals surface area contributed by atoms with E-state index in [-0.39, 0.29) is 29.8 Å². The van der Waals surface area contributed by atoms with E-state index < -0.39 is 0 Å². The summed E-state index contributed by atoms with van der Waals surface area (Å²) in [6, 6.07) is 11.1. The van der Waals surface area contributed by atoms with Crippen molar-refractivity contribution in [2.45, 2.75) is 38.0 Å². The first kappa shape index (κ1) is 16.5. The van der Waals surface area contributed by atoms with Crippen LogP contribution in [0.1, 0.15) is 54.1 Å². The lowest BCUT2D eigenvalue weighted by Crippen LogP contribution is -2.27. The predicted octanol–water partition coefficient (Wildman–Crippen LogP) is 4.40. The van der Waals surface area contributed by atoms with Crippen LogP contribution in [0, 0.1) is 5.92 Å². The van der Waals surface area contributed by atoms with Crippen LogP contribution in [-0.2, 0) is 4.79 Å². The molecule has 1 heterocycles. The summed E-state index contributed by atoms with van der Waals surface area (Å²) in [5.74, 6) is 1.14. The quantitative estimate of drug-likeness (QED) is 0.738. The van der Waals surface area contributed by atoms with Gasteiger partial charge in [0.05, 0.1) is 13.4 Å². The van der Waals surface area contributed by atoms with Gasteiger partial charge in [0.2, 0.25) is 0 Å². The van der Waals surface area contributed by atoms with Crippen LogP contribution >= 0.6 is 0 Å². The second-order valence-electron chi connectivity index (χ2n) is 6.30. The van der Waals surface area contributed by atoms with Crippen molar-refractivity contribution in [3.05, 3.63) is 54.0 Å². The lowest BCUT2D eigenvalue weighted by atomic mass is 9.74. The fourth-order valence-electron chi connectivity index (χ4n) is 3.52. The van der Waals surface area contributed by atoms with E-state index in [2.05, 4.69) is 0 Å². The summed E-state index contributed by atoms with van der Waals surface area (Å²) in [5, 5.41) is 0. The summed E-state index contributed by atoms with van der Waals surface area (Å²) >= 11 is 0. The van der Waals surface area contributed by atoms with Crippen LogP contribution in [0.25, 0.3) is 0 Å². The maximum Gasteiger partial charge on any atom is 0.198 e. The third-order valence-corrected chi connectivity index (χ3v) is 4.83. The highest BCUT2D eigenvalue weighted by molar-refractivity contribution is 5.94. The van der Waals surface area contributed by atoms with Gasteiger partial charge < -0.3 is 9.15 Å². The van der Waals surface area contributed by atoms with Gasteiger partial charge in [-0.05, 0) is 42.7 Å². The van der Waals surface area contributed by atoms with Crippen LogP contribution in [0.3, 0.4) is 0 Å². The number of furan rings is 1. The molecule has 1 aromatic carbocycles. The smallest absolute Gasteiger partial charge is 0.198 e. The zero-order valence-electron chi connectivity index (χ0n) is 13.9. The molecule has 1 aliphatic rings. The molecule has 4 heteroatoms. The van der Waals surface area contributed by atoms with Gasteiger partial charge >= 0.3 is 0 Å². The highest BCUT2D eigenvalue weighted by Crippen LogP contribution is 2.37. The number of benzene rings is 1. The zero-order chi connectivity index (χ0) is 16.9. The van der Waals surface area contributed by atoms with Crippen LogP contribution < -0.4 is 4.74 Å². The molecule has 0 unspecified atom stereocenters. The zero-order valence-corrected chi connectivity index (χ0v) is 13.9. The van der Waals surface area contributed by atoms with Gasteiger partial charge in [0.25, 0.3) is 0 Å². The van der Waals surface area contributed by atoms with E-state index in [1.807, 2.05) is 24.3 Å². The van der Waals surface area contributed by atoms with E-state index in [9.17, 15) is 9.59 Å². The van der Waals surface area contributed by atoms with E-state index in [0.29, 0.717) is 12.2 Å². The van der Waals surface area contributed by atoms with Gasteiger partial charge in [-0.1, -0.05) is 18.6 Å². The van der Waals surface area contributed by atoms with Crippen molar-refractivity contribution in [1.82, 2.24) is 0 Å². The van der Waals surface area contributed by atoms with Crippen molar-refractivity contribution < 1.29 is 18.7 Å². The molecule has 0 amide bonds. The Hall–Kier alpha value is -2.36. The average Bonchev–Trinajstić information content (AvgIpc) is 3.15. The van der Waals surface area contributed by atoms with Crippen molar-refractivity contribution in [3.8, 4) is 5.75 Å². The third-order valence-electron chi connectivity index (χ3n) is 4.83. The van der Waals surface area contributed by atoms with Crippen molar-refractivity contribution in [2.24, 2.45) is 5.92 Å². The largest absolute Gasteiger partial charge is 0.497 e. The minimum absolute atomic E-state index is 0.0563. The normalized spacial score (nSPS) is 19.0. The number of ether oxygens (including phenoxy) is 1. The first-order valence-electron chi connectivity index (χ1n) is 8.42. The standard InChI is InChI=1S/C20H22O4/c1-23-15-10-8-14(9-11-15)17(16-5-2-3-6-18(16)21)13-19(22)20-7-4-12-24-20/h4,7-12,16-17H,2-3,5-6,13H2,1H3/t16-,17+/m1/s1. The molecule has 3 rings (SSSR count). The Morgan fingerprint density at radius 2 is 2.04 bits per heavy atom. The van der Waals surface area contributed by atoms with Crippen LogP contribution in [0.5, 0.6) is 5.75 Å². The highest BCUT2D eigenvalue weighted by atomic mass is 16.5. The minimum Gasteiger partial charge on any atom is -0.497 e. The monoisotopic (exact) mass is 326 g/mol. The van der Waals surface area contributed by atoms with Crippen LogP contribution in [0.4, 0.5) is 0 Å². The summed E-state index contributed by atoms with van der Waals surface area (Å²) in [5.41, 5.74) is 1.01. The van der Waals surface area contributed by atoms with Gasteiger partial charge in [-0.25, -0.2) is 0 Å². The molecule has 1 fully saturated rings. The van der Waals surface area contributed by atoms with Gasteiger partial charge in [0, 0.05) is 24.7 Å². The Morgan fingerprint density at radius 3 is 2.67 bits per heavy atom. The molecule has 2 atom stereocenters. The number of carbonyl (C=O) groups excluding carboxylic acids is 2. The Labute approximate surface area is 141 Å². The van der Waals surface area contributed by atoms with Crippen molar-refractivity contribution in [2.75, 3.05) is 7.11 Å². The highest BCUT2D eigenvalue weighted by Gasteiger charge is 2.33. The number of hydrogen-bond acceptors (Lipinski definition) is 4. The van der Waals surface area contributed by atoms with Gasteiger partial charge in [0.1, 0.15) is 11.5 Å². The molecule has 0 N–H and O–H groups in total. The van der Waals surface area contributed by atoms with E-state index >= 15 is 0 Å². The number of rotatable bonds is 6. The summed E-state index contributed by atoms with van der Waals surface area (Å²) in [4.78, 5) is 25.0. The first-order valence-corrected chi connectivity index (χ1v) is 8.42. The topological polar surface area (TPSA) is 56.5 Å². The number of hydrogen-bond donors (Lipinski definition) is 0. The lowest BCUT2D eigenvalue weighted by molar-refractivity contribution is -0.125. The van der Waals surface area contributed by atoms with Gasteiger partial charge in [0.15, 0.2) is 11.5 Å². The second kappa shape index (κ2) is 7.47. The Bertz CT molecular complexity index is 685. The second-order valence-corrected chi connectivity index (χ2v) is 6.30. The van der Waals surface area contributed by atoms with Crippen LogP contribution in [0.15, 0.2) is 47.1 Å². The molecule has 0 spiro atoms. The Kier molecular flexibility index (Phi) is 5.14. The molecule has 24 heavy (non-hydrogen) atoms. The SMILES string of the molecule is COc1ccc([C@H](CC(=O)c2ccco2)[C@H]2CCCCC2=O)cc1. The van der Waals surface area contributed by atoms with Crippen LogP contribution in [0.2, 0.25) is 0 Å². The number of methoxy groups -OCH3 is 1. The minimum atomic E-state index is -0.110. The van der Waals surface area contributed by atoms with E-state index in [4.69, 9.17) is 9.15 Å². The maximum absolute atomic E-state index is 12.5. The fourth-order valence-corrected chi connectivity index (χ4v) is 3.52. The fraction of sp³-hybridized carbons (Fsp3) is 0.400. The average molecular weight is 326 g/mol. The van der Waals surface area contributed by atoms with E-state index in [0.717, 1.165) is 30.6 Å². The van der Waals surface area contributed by atoms with Gasteiger partial charge in [-0.3, -0.25) is 9.59 Å². The molecule has 0 radical (unpaired) electrons. The van der Waals surface area contributed by atoms with Crippen LogP contribution in [-0.4, -0.2) is 18.7 Å². The lowest BCUT2D eigenvalue weighted by Gasteiger charge is -2.29. The molecule has 4 nitrogen and oxygen atoms in total. The molecule has 1 aromatic heterocycles. The summed E-state index contributed by atoms with van der Waals surface area (Å²) in [7, 11) is 1.62. The summed E-state index contributed by atoms with van der Waals surface area (Å²) in [6.07, 6.45) is 5.25. The van der Waals surface area contributed by atoms with Gasteiger partial charge in [-0.15, -0.1) is 0 Å². The molecule has 0 aliphatic heterocycles. The molecular weight excluding hydrogens is 304 g/mol. The van der Waals surface area contributed by atoms with Crippen molar-refractivity contribution >= 4 is 11.6 Å². The molecule has 126 valence electrons. The molecule has 0 saturated heterocycles. The Balaban J connectivity index is 1.87. The van der Waals surface area contributed by atoms with Crippen molar-refractivity contribution in [3.63, 3.8) is 0 Å². The third kappa shape index (κ3) is 3.58. The van der Waals surface area contributed by atoms with E-state index in [1.165, 1.54) is 6.26 Å². The van der Waals surface area contributed by atoms with E-state index in [1.54, 1.807) is 19.2 Å². The van der Waals surface area contributed by atoms with Gasteiger partial charge in [-0.2, -0.15) is 0 Å². The number of carbonyl (C=O) groups is 2. The number of ketones is 2. The number of Topliss-reactive ketones (excluding diaryl/α,β-unsaturated/α-hetero) is 2. The first-order chi connectivity index (χ1) is 11.7. The molecule has 0 bridgehead atoms. The summed E-state index contributed by atoms with van der Waals surface area (Å²) < 4.78 is 10.4. The molecule has 1 aliphatic carbocycles. The van der Waals surface area contributed by atoms with Crippen molar-refractivity contribution in [1.29, 1.82) is 0 Å². The molecule has 1 saturated carbocycles. The molecule has 2 aromatic rings. The maximum atomic E-state index is 12.5. The summed E-state index contributed by atoms with van der Waals surface area (Å²) in [6.45, 7) is 0.